The first kappa shape index (κ1) is 14.3. The Balaban J connectivity index is 2.09. The molecule has 0 spiro atoms. The summed E-state index contributed by atoms with van der Waals surface area (Å²) in [5.41, 5.74) is 1.39. The molecule has 1 aromatic heterocycles. The lowest BCUT2D eigenvalue weighted by Crippen LogP contribution is -2.25. The van der Waals surface area contributed by atoms with Crippen LogP contribution in [-0.2, 0) is 0 Å². The summed E-state index contributed by atoms with van der Waals surface area (Å²) >= 11 is 0. The number of likely N-dealkylation sites (tertiary alicyclic amines) is 1. The summed E-state index contributed by atoms with van der Waals surface area (Å²) < 4.78 is 0. The Bertz CT molecular complexity index is 370. The number of anilines is 1. The third kappa shape index (κ3) is 3.27. The topological polar surface area (TPSA) is 19.4 Å². The van der Waals surface area contributed by atoms with E-state index >= 15 is 0 Å². The smallest absolute Gasteiger partial charge is 0.128 e. The molecule has 1 fully saturated rings. The summed E-state index contributed by atoms with van der Waals surface area (Å²) in [6, 6.07) is 5.06. The van der Waals surface area contributed by atoms with E-state index in [1.807, 2.05) is 0 Å². The van der Waals surface area contributed by atoms with Crippen molar-refractivity contribution in [2.45, 2.75) is 46.1 Å². The summed E-state index contributed by atoms with van der Waals surface area (Å²) in [6.07, 6.45) is 5.93. The van der Waals surface area contributed by atoms with Gasteiger partial charge in [0, 0.05) is 25.3 Å². The van der Waals surface area contributed by atoms with Crippen LogP contribution in [0.4, 0.5) is 5.82 Å². The molecule has 106 valence electrons. The minimum atomic E-state index is 0.596. The SMILES string of the molecule is CCCN1CCC[C@@H]1c1ccc(N(CC)CC)nc1. The van der Waals surface area contributed by atoms with Crippen LogP contribution in [0.1, 0.15) is 51.6 Å². The van der Waals surface area contributed by atoms with E-state index in [-0.39, 0.29) is 0 Å². The number of pyridine rings is 1. The molecule has 1 aliphatic heterocycles. The molecule has 1 atom stereocenters. The zero-order chi connectivity index (χ0) is 13.7. The normalized spacial score (nSPS) is 19.8. The summed E-state index contributed by atoms with van der Waals surface area (Å²) in [7, 11) is 0. The largest absolute Gasteiger partial charge is 0.357 e. The van der Waals surface area contributed by atoms with E-state index in [1.54, 1.807) is 0 Å². The molecule has 19 heavy (non-hydrogen) atoms. The van der Waals surface area contributed by atoms with Gasteiger partial charge >= 0.3 is 0 Å². The van der Waals surface area contributed by atoms with Crippen molar-refractivity contribution in [2.75, 3.05) is 31.1 Å². The summed E-state index contributed by atoms with van der Waals surface area (Å²) in [6.45, 7) is 11.1. The third-order valence-electron chi connectivity index (χ3n) is 4.12. The number of hydrogen-bond acceptors (Lipinski definition) is 3. The number of rotatable bonds is 6. The first-order valence-corrected chi connectivity index (χ1v) is 7.75. The van der Waals surface area contributed by atoms with Gasteiger partial charge in [-0.1, -0.05) is 13.0 Å². The van der Waals surface area contributed by atoms with Gasteiger partial charge in [0.25, 0.3) is 0 Å². The Morgan fingerprint density at radius 1 is 1.26 bits per heavy atom. The molecule has 3 heteroatoms. The van der Waals surface area contributed by atoms with Crippen LogP contribution in [0.2, 0.25) is 0 Å². The molecule has 0 unspecified atom stereocenters. The van der Waals surface area contributed by atoms with Gasteiger partial charge in [0.05, 0.1) is 0 Å². The van der Waals surface area contributed by atoms with Crippen molar-refractivity contribution in [3.8, 4) is 0 Å². The van der Waals surface area contributed by atoms with Crippen molar-refractivity contribution in [1.82, 2.24) is 9.88 Å². The van der Waals surface area contributed by atoms with Crippen LogP contribution < -0.4 is 4.90 Å². The molecule has 0 radical (unpaired) electrons. The average molecular weight is 261 g/mol. The highest BCUT2D eigenvalue weighted by atomic mass is 15.2. The predicted octanol–water partition coefficient (Wildman–Crippen LogP) is 3.47. The molecule has 0 aromatic carbocycles. The molecule has 0 saturated carbocycles. The minimum absolute atomic E-state index is 0.596. The lowest BCUT2D eigenvalue weighted by atomic mass is 10.1. The maximum Gasteiger partial charge on any atom is 0.128 e. The highest BCUT2D eigenvalue weighted by molar-refractivity contribution is 5.39. The van der Waals surface area contributed by atoms with Gasteiger partial charge in [-0.3, -0.25) is 4.90 Å². The molecule has 0 amide bonds. The molecule has 3 nitrogen and oxygen atoms in total. The molecule has 0 N–H and O–H groups in total. The van der Waals surface area contributed by atoms with E-state index in [9.17, 15) is 0 Å². The van der Waals surface area contributed by atoms with Gasteiger partial charge in [-0.05, 0) is 57.8 Å². The van der Waals surface area contributed by atoms with Crippen LogP contribution in [-0.4, -0.2) is 36.1 Å². The molecule has 0 bridgehead atoms. The van der Waals surface area contributed by atoms with E-state index in [4.69, 9.17) is 0 Å². The van der Waals surface area contributed by atoms with Crippen molar-refractivity contribution >= 4 is 5.82 Å². The lowest BCUT2D eigenvalue weighted by Gasteiger charge is -2.25. The fourth-order valence-corrected chi connectivity index (χ4v) is 3.09. The highest BCUT2D eigenvalue weighted by Gasteiger charge is 2.25. The molecule has 1 aromatic rings. The van der Waals surface area contributed by atoms with Gasteiger partial charge in [-0.15, -0.1) is 0 Å². The molecular weight excluding hydrogens is 234 g/mol. The maximum absolute atomic E-state index is 4.66. The van der Waals surface area contributed by atoms with Crippen molar-refractivity contribution in [3.63, 3.8) is 0 Å². The van der Waals surface area contributed by atoms with E-state index in [1.165, 1.54) is 37.9 Å². The second-order valence-electron chi connectivity index (χ2n) is 5.32. The number of aromatic nitrogens is 1. The van der Waals surface area contributed by atoms with Crippen molar-refractivity contribution in [3.05, 3.63) is 23.9 Å². The van der Waals surface area contributed by atoms with E-state index in [0.29, 0.717) is 6.04 Å². The van der Waals surface area contributed by atoms with Crippen molar-refractivity contribution < 1.29 is 0 Å². The van der Waals surface area contributed by atoms with Gasteiger partial charge in [0.2, 0.25) is 0 Å². The Labute approximate surface area is 117 Å². The Hall–Kier alpha value is -1.09. The summed E-state index contributed by atoms with van der Waals surface area (Å²) in [5, 5.41) is 0. The zero-order valence-corrected chi connectivity index (χ0v) is 12.6. The standard InChI is InChI=1S/C16H27N3/c1-4-11-19-12-7-8-15(19)14-9-10-16(17-13-14)18(5-2)6-3/h9-10,13,15H,4-8,11-12H2,1-3H3/t15-/m1/s1. The third-order valence-corrected chi connectivity index (χ3v) is 4.12. The highest BCUT2D eigenvalue weighted by Crippen LogP contribution is 2.31. The molecule has 2 heterocycles. The van der Waals surface area contributed by atoms with Gasteiger partial charge < -0.3 is 4.90 Å². The summed E-state index contributed by atoms with van der Waals surface area (Å²) in [5.74, 6) is 1.11. The molecule has 0 aliphatic carbocycles. The predicted molar refractivity (Wildman–Crippen MR) is 81.6 cm³/mol. The molecule has 1 saturated heterocycles. The van der Waals surface area contributed by atoms with E-state index in [2.05, 4.69) is 53.9 Å². The van der Waals surface area contributed by atoms with Crippen molar-refractivity contribution in [2.24, 2.45) is 0 Å². The van der Waals surface area contributed by atoms with Crippen LogP contribution in [0.3, 0.4) is 0 Å². The number of nitrogens with zero attached hydrogens (tertiary/aromatic N) is 3. The Kier molecular flexibility index (Phi) is 5.20. The van der Waals surface area contributed by atoms with Crippen LogP contribution in [0.25, 0.3) is 0 Å². The summed E-state index contributed by atoms with van der Waals surface area (Å²) in [4.78, 5) is 9.56. The monoisotopic (exact) mass is 261 g/mol. The number of hydrogen-bond donors (Lipinski definition) is 0. The van der Waals surface area contributed by atoms with Gasteiger partial charge in [-0.25, -0.2) is 4.98 Å². The van der Waals surface area contributed by atoms with Crippen LogP contribution in [0.15, 0.2) is 18.3 Å². The van der Waals surface area contributed by atoms with Crippen LogP contribution in [0, 0.1) is 0 Å². The fraction of sp³-hybridized carbons (Fsp3) is 0.688. The first-order valence-electron chi connectivity index (χ1n) is 7.75. The van der Waals surface area contributed by atoms with Gasteiger partial charge in [-0.2, -0.15) is 0 Å². The minimum Gasteiger partial charge on any atom is -0.357 e. The van der Waals surface area contributed by atoms with Crippen LogP contribution >= 0.6 is 0 Å². The molecular formula is C16H27N3. The maximum atomic E-state index is 4.66. The Morgan fingerprint density at radius 2 is 2.05 bits per heavy atom. The van der Waals surface area contributed by atoms with E-state index < -0.39 is 0 Å². The van der Waals surface area contributed by atoms with E-state index in [0.717, 1.165) is 18.9 Å². The molecule has 2 rings (SSSR count). The fourth-order valence-electron chi connectivity index (χ4n) is 3.09. The van der Waals surface area contributed by atoms with Gasteiger partial charge in [0.15, 0.2) is 0 Å². The average Bonchev–Trinajstić information content (AvgIpc) is 2.90. The molecule has 1 aliphatic rings. The van der Waals surface area contributed by atoms with Crippen LogP contribution in [0.5, 0.6) is 0 Å². The lowest BCUT2D eigenvalue weighted by molar-refractivity contribution is 0.257. The Morgan fingerprint density at radius 3 is 2.63 bits per heavy atom. The zero-order valence-electron chi connectivity index (χ0n) is 12.6. The van der Waals surface area contributed by atoms with Crippen molar-refractivity contribution in [1.29, 1.82) is 0 Å². The quantitative estimate of drug-likeness (QED) is 0.781. The van der Waals surface area contributed by atoms with Gasteiger partial charge in [0.1, 0.15) is 5.82 Å². The first-order chi connectivity index (χ1) is 9.30. The second kappa shape index (κ2) is 6.90. The second-order valence-corrected chi connectivity index (χ2v) is 5.32.